The van der Waals surface area contributed by atoms with Crippen molar-refractivity contribution in [2.24, 2.45) is 5.73 Å². The number of aryl methyl sites for hydroxylation is 1. The van der Waals surface area contributed by atoms with Crippen LogP contribution in [0.5, 0.6) is 0 Å². The normalized spacial score (nSPS) is 19.1. The molecule has 0 radical (unpaired) electrons. The maximum absolute atomic E-state index is 6.07. The van der Waals surface area contributed by atoms with E-state index in [9.17, 15) is 0 Å². The van der Waals surface area contributed by atoms with Gasteiger partial charge in [-0.15, -0.1) is 0 Å². The Morgan fingerprint density at radius 1 is 1.33 bits per heavy atom. The first-order valence-corrected chi connectivity index (χ1v) is 7.00. The summed E-state index contributed by atoms with van der Waals surface area (Å²) in [5.41, 5.74) is 8.72. The molecule has 2 N–H and O–H groups in total. The van der Waals surface area contributed by atoms with Gasteiger partial charge in [-0.1, -0.05) is 25.3 Å². The van der Waals surface area contributed by atoms with E-state index >= 15 is 0 Å². The van der Waals surface area contributed by atoms with Gasteiger partial charge in [0.1, 0.15) is 0 Å². The van der Waals surface area contributed by atoms with Gasteiger partial charge in [0, 0.05) is 24.8 Å². The van der Waals surface area contributed by atoms with Gasteiger partial charge >= 0.3 is 0 Å². The quantitative estimate of drug-likeness (QED) is 0.889. The highest BCUT2D eigenvalue weighted by Crippen LogP contribution is 2.32. The Labute approximate surface area is 110 Å². The van der Waals surface area contributed by atoms with E-state index in [0.717, 1.165) is 13.1 Å². The number of hydrogen-bond donors (Lipinski definition) is 1. The molecular formula is C15H25N3. The first-order valence-electron chi connectivity index (χ1n) is 7.00. The van der Waals surface area contributed by atoms with Crippen molar-refractivity contribution in [3.63, 3.8) is 0 Å². The van der Waals surface area contributed by atoms with Gasteiger partial charge in [-0.3, -0.25) is 9.88 Å². The van der Waals surface area contributed by atoms with Crippen molar-refractivity contribution in [3.05, 3.63) is 29.6 Å². The topological polar surface area (TPSA) is 42.2 Å². The van der Waals surface area contributed by atoms with Crippen LogP contribution in [0.2, 0.25) is 0 Å². The summed E-state index contributed by atoms with van der Waals surface area (Å²) in [5.74, 6) is 0. The number of pyridine rings is 1. The minimum Gasteiger partial charge on any atom is -0.329 e. The zero-order valence-corrected chi connectivity index (χ0v) is 11.7. The van der Waals surface area contributed by atoms with Gasteiger partial charge in [0.2, 0.25) is 0 Å². The third-order valence-corrected chi connectivity index (χ3v) is 4.48. The second-order valence-corrected chi connectivity index (χ2v) is 5.61. The molecule has 0 aliphatic heterocycles. The Morgan fingerprint density at radius 3 is 2.67 bits per heavy atom. The molecule has 2 rings (SSSR count). The average Bonchev–Trinajstić information content (AvgIpc) is 2.42. The van der Waals surface area contributed by atoms with Crippen LogP contribution in [0.25, 0.3) is 0 Å². The lowest BCUT2D eigenvalue weighted by molar-refractivity contribution is 0.0745. The fourth-order valence-corrected chi connectivity index (χ4v) is 3.03. The fraction of sp³-hybridized carbons (Fsp3) is 0.667. The average molecular weight is 247 g/mol. The molecule has 3 heteroatoms. The molecule has 0 spiro atoms. The molecule has 1 aromatic heterocycles. The van der Waals surface area contributed by atoms with Crippen LogP contribution in [0.3, 0.4) is 0 Å². The second kappa shape index (κ2) is 5.81. The molecule has 0 unspecified atom stereocenters. The Morgan fingerprint density at radius 2 is 2.06 bits per heavy atom. The zero-order chi connectivity index (χ0) is 13.0. The highest BCUT2D eigenvalue weighted by Gasteiger charge is 2.34. The molecular weight excluding hydrogens is 222 g/mol. The van der Waals surface area contributed by atoms with Gasteiger partial charge in [-0.2, -0.15) is 0 Å². The van der Waals surface area contributed by atoms with E-state index in [-0.39, 0.29) is 5.54 Å². The molecule has 0 bridgehead atoms. The largest absolute Gasteiger partial charge is 0.329 e. The van der Waals surface area contributed by atoms with Crippen LogP contribution in [-0.2, 0) is 6.54 Å². The summed E-state index contributed by atoms with van der Waals surface area (Å²) in [6, 6.07) is 4.13. The molecule has 0 amide bonds. The number of aromatic nitrogens is 1. The summed E-state index contributed by atoms with van der Waals surface area (Å²) in [4.78, 5) is 6.93. The maximum atomic E-state index is 6.07. The zero-order valence-electron chi connectivity index (χ0n) is 11.7. The van der Waals surface area contributed by atoms with Crippen molar-refractivity contribution in [1.82, 2.24) is 9.88 Å². The van der Waals surface area contributed by atoms with Crippen molar-refractivity contribution in [1.29, 1.82) is 0 Å². The van der Waals surface area contributed by atoms with Crippen molar-refractivity contribution in [2.75, 3.05) is 13.6 Å². The number of hydrogen-bond acceptors (Lipinski definition) is 3. The summed E-state index contributed by atoms with van der Waals surface area (Å²) in [7, 11) is 2.20. The van der Waals surface area contributed by atoms with Gasteiger partial charge in [0.25, 0.3) is 0 Å². The fourth-order valence-electron chi connectivity index (χ4n) is 3.03. The molecule has 0 saturated heterocycles. The summed E-state index contributed by atoms with van der Waals surface area (Å²) >= 11 is 0. The van der Waals surface area contributed by atoms with Crippen molar-refractivity contribution < 1.29 is 0 Å². The van der Waals surface area contributed by atoms with E-state index in [1.54, 1.807) is 0 Å². The molecule has 18 heavy (non-hydrogen) atoms. The number of rotatable bonds is 4. The Balaban J connectivity index is 2.10. The van der Waals surface area contributed by atoms with Crippen LogP contribution in [0.15, 0.2) is 18.3 Å². The monoisotopic (exact) mass is 247 g/mol. The van der Waals surface area contributed by atoms with Gasteiger partial charge < -0.3 is 5.73 Å². The summed E-state index contributed by atoms with van der Waals surface area (Å²) in [5, 5.41) is 0. The Hall–Kier alpha value is -0.930. The molecule has 1 aliphatic rings. The van der Waals surface area contributed by atoms with Gasteiger partial charge in [0.05, 0.1) is 5.69 Å². The molecule has 0 atom stereocenters. The first-order chi connectivity index (χ1) is 8.68. The molecule has 1 heterocycles. The second-order valence-electron chi connectivity index (χ2n) is 5.61. The van der Waals surface area contributed by atoms with Gasteiger partial charge in [-0.25, -0.2) is 0 Å². The van der Waals surface area contributed by atoms with Crippen molar-refractivity contribution >= 4 is 0 Å². The van der Waals surface area contributed by atoms with E-state index in [1.807, 2.05) is 12.3 Å². The van der Waals surface area contributed by atoms with Gasteiger partial charge in [-0.05, 0) is 38.4 Å². The van der Waals surface area contributed by atoms with E-state index in [2.05, 4.69) is 29.9 Å². The lowest BCUT2D eigenvalue weighted by atomic mass is 9.80. The molecule has 1 aromatic rings. The predicted molar refractivity (Wildman–Crippen MR) is 75.3 cm³/mol. The third kappa shape index (κ3) is 2.73. The minimum atomic E-state index is 0.197. The first kappa shape index (κ1) is 13.5. The van der Waals surface area contributed by atoms with E-state index in [4.69, 9.17) is 5.73 Å². The van der Waals surface area contributed by atoms with Crippen molar-refractivity contribution in [3.8, 4) is 0 Å². The van der Waals surface area contributed by atoms with E-state index in [0.29, 0.717) is 0 Å². The van der Waals surface area contributed by atoms with Crippen LogP contribution in [-0.4, -0.2) is 29.0 Å². The Bertz CT molecular complexity index is 383. The van der Waals surface area contributed by atoms with Crippen LogP contribution in [0.1, 0.15) is 43.4 Å². The molecule has 3 nitrogen and oxygen atoms in total. The maximum Gasteiger partial charge on any atom is 0.0573 e. The summed E-state index contributed by atoms with van der Waals surface area (Å²) in [6.45, 7) is 3.80. The highest BCUT2D eigenvalue weighted by molar-refractivity contribution is 5.17. The van der Waals surface area contributed by atoms with Crippen LogP contribution >= 0.6 is 0 Å². The predicted octanol–water partition coefficient (Wildman–Crippen LogP) is 2.48. The lowest BCUT2D eigenvalue weighted by Crippen LogP contribution is -2.52. The number of likely N-dealkylation sites (N-methyl/N-ethyl adjacent to an activating group) is 1. The summed E-state index contributed by atoms with van der Waals surface area (Å²) in [6.07, 6.45) is 8.31. The van der Waals surface area contributed by atoms with E-state index < -0.39 is 0 Å². The van der Waals surface area contributed by atoms with Gasteiger partial charge in [0.15, 0.2) is 0 Å². The third-order valence-electron chi connectivity index (χ3n) is 4.48. The number of nitrogens with zero attached hydrogens (tertiary/aromatic N) is 2. The van der Waals surface area contributed by atoms with E-state index in [1.165, 1.54) is 43.4 Å². The molecule has 1 fully saturated rings. The number of nitrogens with two attached hydrogens (primary N) is 1. The summed E-state index contributed by atoms with van der Waals surface area (Å²) < 4.78 is 0. The molecule has 0 aromatic carbocycles. The Kier molecular flexibility index (Phi) is 4.36. The molecule has 1 aliphatic carbocycles. The molecule has 1 saturated carbocycles. The van der Waals surface area contributed by atoms with Crippen LogP contribution in [0, 0.1) is 6.92 Å². The standard InChI is InChI=1S/C15H25N3/c1-13-7-6-10-17-14(13)11-18(2)15(12-16)8-4-3-5-9-15/h6-7,10H,3-5,8-9,11-12,16H2,1-2H3. The lowest BCUT2D eigenvalue weighted by Gasteiger charge is -2.44. The highest BCUT2D eigenvalue weighted by atomic mass is 15.2. The van der Waals surface area contributed by atoms with Crippen molar-refractivity contribution in [2.45, 2.75) is 51.1 Å². The van der Waals surface area contributed by atoms with Crippen LogP contribution < -0.4 is 5.73 Å². The smallest absolute Gasteiger partial charge is 0.0573 e. The molecule has 100 valence electrons. The minimum absolute atomic E-state index is 0.197. The SMILES string of the molecule is Cc1cccnc1CN(C)C1(CN)CCCCC1. The van der Waals surface area contributed by atoms with Crippen LogP contribution in [0.4, 0.5) is 0 Å².